The van der Waals surface area contributed by atoms with Gasteiger partial charge in [0.1, 0.15) is 16.0 Å². The molecule has 1 aromatic carbocycles. The third-order valence-electron chi connectivity index (χ3n) is 4.79. The monoisotopic (exact) mass is 355 g/mol. The SMILES string of the molecule is CCC1CCC(C(NC)c2ccc(OC)c(Br)c2OC)C1. The quantitative estimate of drug-likeness (QED) is 0.811. The van der Waals surface area contributed by atoms with Crippen LogP contribution in [0.3, 0.4) is 0 Å². The Labute approximate surface area is 136 Å². The van der Waals surface area contributed by atoms with Gasteiger partial charge in [-0.1, -0.05) is 19.8 Å². The summed E-state index contributed by atoms with van der Waals surface area (Å²) in [6.07, 6.45) is 5.22. The molecule has 1 aliphatic rings. The average Bonchev–Trinajstić information content (AvgIpc) is 2.97. The lowest BCUT2D eigenvalue weighted by Gasteiger charge is -2.26. The second-order valence-corrected chi connectivity index (χ2v) is 6.61. The molecule has 118 valence electrons. The van der Waals surface area contributed by atoms with E-state index in [-0.39, 0.29) is 0 Å². The number of halogens is 1. The molecule has 2 rings (SSSR count). The molecule has 21 heavy (non-hydrogen) atoms. The van der Waals surface area contributed by atoms with E-state index in [9.17, 15) is 0 Å². The summed E-state index contributed by atoms with van der Waals surface area (Å²) in [5, 5.41) is 3.50. The molecule has 0 aromatic heterocycles. The molecule has 1 fully saturated rings. The van der Waals surface area contributed by atoms with Gasteiger partial charge in [-0.05, 0) is 59.8 Å². The molecule has 0 saturated heterocycles. The van der Waals surface area contributed by atoms with Gasteiger partial charge in [0.25, 0.3) is 0 Å². The Morgan fingerprint density at radius 1 is 1.29 bits per heavy atom. The number of benzene rings is 1. The molecule has 1 N–H and O–H groups in total. The Morgan fingerprint density at radius 2 is 2.05 bits per heavy atom. The average molecular weight is 356 g/mol. The first-order chi connectivity index (χ1) is 10.2. The molecular weight excluding hydrogens is 330 g/mol. The second-order valence-electron chi connectivity index (χ2n) is 5.82. The van der Waals surface area contributed by atoms with Crippen LogP contribution in [0.4, 0.5) is 0 Å². The van der Waals surface area contributed by atoms with E-state index in [0.29, 0.717) is 12.0 Å². The van der Waals surface area contributed by atoms with Crippen LogP contribution in [-0.2, 0) is 0 Å². The zero-order valence-corrected chi connectivity index (χ0v) is 15.0. The van der Waals surface area contributed by atoms with Gasteiger partial charge < -0.3 is 14.8 Å². The highest BCUT2D eigenvalue weighted by Gasteiger charge is 2.32. The van der Waals surface area contributed by atoms with E-state index >= 15 is 0 Å². The summed E-state index contributed by atoms with van der Waals surface area (Å²) in [5.41, 5.74) is 1.22. The first-order valence-corrected chi connectivity index (χ1v) is 8.53. The molecule has 0 radical (unpaired) electrons. The molecule has 4 heteroatoms. The predicted octanol–water partition coefficient (Wildman–Crippen LogP) is 4.55. The topological polar surface area (TPSA) is 30.5 Å². The van der Waals surface area contributed by atoms with Gasteiger partial charge in [0.15, 0.2) is 0 Å². The Morgan fingerprint density at radius 3 is 2.57 bits per heavy atom. The standard InChI is InChI=1S/C17H26BrNO2/c1-5-11-6-7-12(10-11)16(19-2)13-8-9-14(20-3)15(18)17(13)21-4/h8-9,11-12,16,19H,5-7,10H2,1-4H3. The van der Waals surface area contributed by atoms with Crippen molar-refractivity contribution in [3.8, 4) is 11.5 Å². The van der Waals surface area contributed by atoms with Gasteiger partial charge in [0, 0.05) is 11.6 Å². The van der Waals surface area contributed by atoms with Crippen LogP contribution in [0.5, 0.6) is 11.5 Å². The molecule has 1 aromatic rings. The van der Waals surface area contributed by atoms with Crippen molar-refractivity contribution in [3.63, 3.8) is 0 Å². The van der Waals surface area contributed by atoms with E-state index in [1.807, 2.05) is 13.1 Å². The summed E-state index contributed by atoms with van der Waals surface area (Å²) in [7, 11) is 5.44. The fraction of sp³-hybridized carbons (Fsp3) is 0.647. The molecule has 3 unspecified atom stereocenters. The van der Waals surface area contributed by atoms with Crippen molar-refractivity contribution in [1.29, 1.82) is 0 Å². The van der Waals surface area contributed by atoms with E-state index in [1.54, 1.807) is 14.2 Å². The van der Waals surface area contributed by atoms with Gasteiger partial charge in [-0.25, -0.2) is 0 Å². The molecule has 0 aliphatic heterocycles. The lowest BCUT2D eigenvalue weighted by atomic mass is 9.90. The number of nitrogens with one attached hydrogen (secondary N) is 1. The summed E-state index contributed by atoms with van der Waals surface area (Å²) < 4.78 is 11.9. The highest BCUT2D eigenvalue weighted by Crippen LogP contribution is 2.46. The molecule has 0 amide bonds. The van der Waals surface area contributed by atoms with Gasteiger partial charge >= 0.3 is 0 Å². The molecule has 1 aliphatic carbocycles. The van der Waals surface area contributed by atoms with Gasteiger partial charge in [-0.3, -0.25) is 0 Å². The molecule has 1 saturated carbocycles. The maximum atomic E-state index is 5.65. The molecular formula is C17H26BrNO2. The van der Waals surface area contributed by atoms with E-state index in [2.05, 4.69) is 34.2 Å². The van der Waals surface area contributed by atoms with Crippen molar-refractivity contribution >= 4 is 15.9 Å². The Balaban J connectivity index is 2.32. The van der Waals surface area contributed by atoms with E-state index in [4.69, 9.17) is 9.47 Å². The summed E-state index contributed by atoms with van der Waals surface area (Å²) >= 11 is 3.61. The second kappa shape index (κ2) is 7.50. The van der Waals surface area contributed by atoms with Crippen molar-refractivity contribution in [2.75, 3.05) is 21.3 Å². The molecule has 0 bridgehead atoms. The van der Waals surface area contributed by atoms with Crippen molar-refractivity contribution in [1.82, 2.24) is 5.32 Å². The van der Waals surface area contributed by atoms with Gasteiger partial charge in [0.2, 0.25) is 0 Å². The number of hydrogen-bond acceptors (Lipinski definition) is 3. The largest absolute Gasteiger partial charge is 0.495 e. The van der Waals surface area contributed by atoms with E-state index < -0.39 is 0 Å². The molecule has 3 nitrogen and oxygen atoms in total. The fourth-order valence-electron chi connectivity index (χ4n) is 3.60. The highest BCUT2D eigenvalue weighted by molar-refractivity contribution is 9.10. The first-order valence-electron chi connectivity index (χ1n) is 7.73. The van der Waals surface area contributed by atoms with Gasteiger partial charge in [-0.2, -0.15) is 0 Å². The smallest absolute Gasteiger partial charge is 0.141 e. The number of ether oxygens (including phenoxy) is 2. The first kappa shape index (κ1) is 16.6. The van der Waals surface area contributed by atoms with Crippen LogP contribution in [0.15, 0.2) is 16.6 Å². The summed E-state index contributed by atoms with van der Waals surface area (Å²) in [6, 6.07) is 4.47. The summed E-state index contributed by atoms with van der Waals surface area (Å²) in [6.45, 7) is 2.30. The zero-order valence-electron chi connectivity index (χ0n) is 13.4. The Hall–Kier alpha value is -0.740. The Kier molecular flexibility index (Phi) is 5.94. The van der Waals surface area contributed by atoms with Crippen molar-refractivity contribution < 1.29 is 9.47 Å². The maximum Gasteiger partial charge on any atom is 0.141 e. The minimum atomic E-state index is 0.332. The van der Waals surface area contributed by atoms with Gasteiger partial charge in [-0.15, -0.1) is 0 Å². The minimum Gasteiger partial charge on any atom is -0.495 e. The lowest BCUT2D eigenvalue weighted by Crippen LogP contribution is -2.24. The summed E-state index contributed by atoms with van der Waals surface area (Å²) in [5.74, 6) is 3.24. The fourth-order valence-corrected chi connectivity index (χ4v) is 4.28. The van der Waals surface area contributed by atoms with Crippen molar-refractivity contribution in [2.24, 2.45) is 11.8 Å². The third-order valence-corrected chi connectivity index (χ3v) is 5.54. The molecule has 0 spiro atoms. The van der Waals surface area contributed by atoms with Crippen LogP contribution < -0.4 is 14.8 Å². The van der Waals surface area contributed by atoms with Gasteiger partial charge in [0.05, 0.1) is 14.2 Å². The summed E-state index contributed by atoms with van der Waals surface area (Å²) in [4.78, 5) is 0. The van der Waals surface area contributed by atoms with E-state index in [0.717, 1.165) is 21.9 Å². The van der Waals surface area contributed by atoms with Crippen LogP contribution in [0.2, 0.25) is 0 Å². The number of methoxy groups -OCH3 is 2. The van der Waals surface area contributed by atoms with Crippen molar-refractivity contribution in [3.05, 3.63) is 22.2 Å². The maximum absolute atomic E-state index is 5.65. The van der Waals surface area contributed by atoms with Crippen LogP contribution in [-0.4, -0.2) is 21.3 Å². The Bertz CT molecular complexity index is 478. The highest BCUT2D eigenvalue weighted by atomic mass is 79.9. The third kappa shape index (κ3) is 3.37. The van der Waals surface area contributed by atoms with Crippen molar-refractivity contribution in [2.45, 2.75) is 38.6 Å². The molecule has 0 heterocycles. The normalized spacial score (nSPS) is 23.1. The lowest BCUT2D eigenvalue weighted by molar-refractivity contribution is 0.344. The van der Waals surface area contributed by atoms with E-state index in [1.165, 1.54) is 31.2 Å². The predicted molar refractivity (Wildman–Crippen MR) is 90.2 cm³/mol. The number of rotatable bonds is 6. The van der Waals surface area contributed by atoms with Crippen LogP contribution >= 0.6 is 15.9 Å². The van der Waals surface area contributed by atoms with Crippen LogP contribution in [0.1, 0.15) is 44.2 Å². The zero-order chi connectivity index (χ0) is 15.4. The van der Waals surface area contributed by atoms with Crippen LogP contribution in [0.25, 0.3) is 0 Å². The number of hydrogen-bond donors (Lipinski definition) is 1. The minimum absolute atomic E-state index is 0.332. The van der Waals surface area contributed by atoms with Crippen LogP contribution in [0, 0.1) is 11.8 Å². The molecule has 3 atom stereocenters.